The van der Waals surface area contributed by atoms with Crippen LogP contribution in [0.15, 0.2) is 59.6 Å². The first-order chi connectivity index (χ1) is 11.2. The Morgan fingerprint density at radius 2 is 1.74 bits per heavy atom. The molecule has 2 N–H and O–H groups in total. The van der Waals surface area contributed by atoms with E-state index in [9.17, 15) is 0 Å². The van der Waals surface area contributed by atoms with Gasteiger partial charge in [-0.25, -0.2) is 0 Å². The van der Waals surface area contributed by atoms with Crippen LogP contribution in [0.1, 0.15) is 18.1 Å². The molecule has 1 atom stereocenters. The van der Waals surface area contributed by atoms with Crippen molar-refractivity contribution in [2.75, 3.05) is 13.6 Å². The second-order valence-electron chi connectivity index (χ2n) is 5.47. The summed E-state index contributed by atoms with van der Waals surface area (Å²) in [6, 6.07) is 18.2. The molecule has 0 aliphatic rings. The third kappa shape index (κ3) is 5.66. The zero-order valence-electron chi connectivity index (χ0n) is 14.0. The molecule has 0 amide bonds. The summed E-state index contributed by atoms with van der Waals surface area (Å²) in [5.74, 6) is 1.65. The molecule has 0 bridgehead atoms. The summed E-state index contributed by atoms with van der Waals surface area (Å²) in [7, 11) is 1.77. The van der Waals surface area contributed by atoms with Gasteiger partial charge in [-0.05, 0) is 37.1 Å². The fraction of sp³-hybridized carbons (Fsp3) is 0.316. The lowest BCUT2D eigenvalue weighted by Gasteiger charge is -2.18. The average Bonchev–Trinajstić information content (AvgIpc) is 2.57. The Kier molecular flexibility index (Phi) is 6.48. The number of nitrogens with zero attached hydrogens (tertiary/aromatic N) is 1. The fourth-order valence-electron chi connectivity index (χ4n) is 2.22. The van der Waals surface area contributed by atoms with E-state index in [4.69, 9.17) is 4.74 Å². The molecule has 122 valence electrons. The number of aryl methyl sites for hydroxylation is 1. The average molecular weight is 311 g/mol. The summed E-state index contributed by atoms with van der Waals surface area (Å²) in [5.41, 5.74) is 2.54. The van der Waals surface area contributed by atoms with E-state index in [2.05, 4.69) is 46.8 Å². The zero-order valence-corrected chi connectivity index (χ0v) is 14.0. The molecule has 0 spiro atoms. The minimum Gasteiger partial charge on any atom is -0.489 e. The summed E-state index contributed by atoms with van der Waals surface area (Å²) in [6.07, 6.45) is 0.0504. The largest absolute Gasteiger partial charge is 0.489 e. The third-order valence-corrected chi connectivity index (χ3v) is 3.57. The standard InChI is InChI=1S/C19H25N3O/c1-15-9-7-8-10-17(15)14-22-19(20-3)21-13-16(2)23-18-11-5-4-6-12-18/h4-12,16H,13-14H2,1-3H3,(H2,20,21,22). The number of ether oxygens (including phenoxy) is 1. The van der Waals surface area contributed by atoms with Crippen molar-refractivity contribution in [3.05, 3.63) is 65.7 Å². The molecule has 0 saturated heterocycles. The van der Waals surface area contributed by atoms with Crippen molar-refractivity contribution in [2.45, 2.75) is 26.5 Å². The Morgan fingerprint density at radius 3 is 2.43 bits per heavy atom. The van der Waals surface area contributed by atoms with Crippen LogP contribution in [0.2, 0.25) is 0 Å². The highest BCUT2D eigenvalue weighted by Crippen LogP contribution is 2.10. The molecule has 1 unspecified atom stereocenters. The van der Waals surface area contributed by atoms with Gasteiger partial charge in [-0.15, -0.1) is 0 Å². The lowest BCUT2D eigenvalue weighted by Crippen LogP contribution is -2.41. The number of hydrogen-bond acceptors (Lipinski definition) is 2. The minimum atomic E-state index is 0.0504. The first-order valence-corrected chi connectivity index (χ1v) is 7.89. The fourth-order valence-corrected chi connectivity index (χ4v) is 2.22. The molecule has 0 radical (unpaired) electrons. The van der Waals surface area contributed by atoms with E-state index in [1.54, 1.807) is 7.05 Å². The number of benzene rings is 2. The molecule has 0 heterocycles. The maximum atomic E-state index is 5.85. The summed E-state index contributed by atoms with van der Waals surface area (Å²) in [5, 5.41) is 6.62. The highest BCUT2D eigenvalue weighted by molar-refractivity contribution is 5.79. The van der Waals surface area contributed by atoms with E-state index in [-0.39, 0.29) is 6.10 Å². The summed E-state index contributed by atoms with van der Waals surface area (Å²) in [6.45, 7) is 5.58. The van der Waals surface area contributed by atoms with Gasteiger partial charge in [0, 0.05) is 13.6 Å². The number of aliphatic imine (C=N–C) groups is 1. The number of guanidine groups is 1. The van der Waals surface area contributed by atoms with Gasteiger partial charge in [-0.2, -0.15) is 0 Å². The van der Waals surface area contributed by atoms with E-state index in [1.165, 1.54) is 11.1 Å². The molecule has 4 heteroatoms. The van der Waals surface area contributed by atoms with Crippen molar-refractivity contribution in [3.8, 4) is 5.75 Å². The van der Waals surface area contributed by atoms with Crippen LogP contribution in [0.3, 0.4) is 0 Å². The zero-order chi connectivity index (χ0) is 16.5. The van der Waals surface area contributed by atoms with Gasteiger partial charge in [0.05, 0.1) is 6.54 Å². The Bertz CT molecular complexity index is 626. The topological polar surface area (TPSA) is 45.7 Å². The van der Waals surface area contributed by atoms with Gasteiger partial charge in [-0.1, -0.05) is 42.5 Å². The van der Waals surface area contributed by atoms with Crippen molar-refractivity contribution in [3.63, 3.8) is 0 Å². The normalized spacial score (nSPS) is 12.6. The van der Waals surface area contributed by atoms with Crippen molar-refractivity contribution >= 4 is 5.96 Å². The van der Waals surface area contributed by atoms with Crippen LogP contribution in [0.4, 0.5) is 0 Å². The molecule has 0 fully saturated rings. The molecule has 0 aliphatic carbocycles. The Balaban J connectivity index is 1.78. The Morgan fingerprint density at radius 1 is 1.04 bits per heavy atom. The second kappa shape index (κ2) is 8.83. The number of nitrogens with one attached hydrogen (secondary N) is 2. The predicted octanol–water partition coefficient (Wildman–Crippen LogP) is 3.13. The number of para-hydroxylation sites is 1. The van der Waals surface area contributed by atoms with Crippen LogP contribution in [0, 0.1) is 6.92 Å². The van der Waals surface area contributed by atoms with Crippen LogP contribution < -0.4 is 15.4 Å². The quantitative estimate of drug-likeness (QED) is 0.636. The third-order valence-electron chi connectivity index (χ3n) is 3.57. The van der Waals surface area contributed by atoms with Crippen LogP contribution in [0.5, 0.6) is 5.75 Å². The monoisotopic (exact) mass is 311 g/mol. The van der Waals surface area contributed by atoms with Gasteiger partial charge in [0.25, 0.3) is 0 Å². The molecule has 0 aromatic heterocycles. The van der Waals surface area contributed by atoms with E-state index in [1.807, 2.05) is 37.3 Å². The molecule has 2 aromatic carbocycles. The Hall–Kier alpha value is -2.49. The first-order valence-electron chi connectivity index (χ1n) is 7.89. The highest BCUT2D eigenvalue weighted by atomic mass is 16.5. The van der Waals surface area contributed by atoms with Gasteiger partial charge in [0.15, 0.2) is 5.96 Å². The van der Waals surface area contributed by atoms with Gasteiger partial charge in [0.2, 0.25) is 0 Å². The van der Waals surface area contributed by atoms with Crippen LogP contribution >= 0.6 is 0 Å². The summed E-state index contributed by atoms with van der Waals surface area (Å²) >= 11 is 0. The SMILES string of the molecule is CN=C(NCc1ccccc1C)NCC(C)Oc1ccccc1. The molecular weight excluding hydrogens is 286 g/mol. The van der Waals surface area contributed by atoms with Gasteiger partial charge in [0.1, 0.15) is 11.9 Å². The molecular formula is C19H25N3O. The van der Waals surface area contributed by atoms with E-state index in [0.717, 1.165) is 18.3 Å². The van der Waals surface area contributed by atoms with Crippen molar-refractivity contribution in [1.29, 1.82) is 0 Å². The molecule has 2 rings (SSSR count). The van der Waals surface area contributed by atoms with Crippen LogP contribution in [-0.2, 0) is 6.54 Å². The number of hydrogen-bond donors (Lipinski definition) is 2. The summed E-state index contributed by atoms with van der Waals surface area (Å²) < 4.78 is 5.85. The van der Waals surface area contributed by atoms with Crippen LogP contribution in [-0.4, -0.2) is 25.7 Å². The van der Waals surface area contributed by atoms with E-state index in [0.29, 0.717) is 6.54 Å². The maximum Gasteiger partial charge on any atom is 0.191 e. The smallest absolute Gasteiger partial charge is 0.191 e. The van der Waals surface area contributed by atoms with Gasteiger partial charge in [-0.3, -0.25) is 4.99 Å². The second-order valence-corrected chi connectivity index (χ2v) is 5.47. The molecule has 2 aromatic rings. The molecule has 0 aliphatic heterocycles. The van der Waals surface area contributed by atoms with Crippen molar-refractivity contribution < 1.29 is 4.74 Å². The highest BCUT2D eigenvalue weighted by Gasteiger charge is 2.06. The predicted molar refractivity (Wildman–Crippen MR) is 95.9 cm³/mol. The Labute approximate surface area is 138 Å². The lowest BCUT2D eigenvalue weighted by atomic mass is 10.1. The lowest BCUT2D eigenvalue weighted by molar-refractivity contribution is 0.224. The number of rotatable bonds is 6. The van der Waals surface area contributed by atoms with Crippen molar-refractivity contribution in [1.82, 2.24) is 10.6 Å². The molecule has 23 heavy (non-hydrogen) atoms. The van der Waals surface area contributed by atoms with Gasteiger partial charge < -0.3 is 15.4 Å². The van der Waals surface area contributed by atoms with Crippen LogP contribution in [0.25, 0.3) is 0 Å². The first kappa shape index (κ1) is 16.9. The molecule has 0 saturated carbocycles. The minimum absolute atomic E-state index is 0.0504. The molecule has 4 nitrogen and oxygen atoms in total. The summed E-state index contributed by atoms with van der Waals surface area (Å²) in [4.78, 5) is 4.25. The maximum absolute atomic E-state index is 5.85. The van der Waals surface area contributed by atoms with E-state index < -0.39 is 0 Å². The van der Waals surface area contributed by atoms with Crippen molar-refractivity contribution in [2.24, 2.45) is 4.99 Å². The van der Waals surface area contributed by atoms with E-state index >= 15 is 0 Å². The van der Waals surface area contributed by atoms with Gasteiger partial charge >= 0.3 is 0 Å².